The topological polar surface area (TPSA) is 68.7 Å². The van der Waals surface area contributed by atoms with E-state index in [1.54, 1.807) is 11.3 Å². The number of benzene rings is 1. The van der Waals surface area contributed by atoms with Crippen molar-refractivity contribution in [2.75, 3.05) is 18.1 Å². The van der Waals surface area contributed by atoms with Gasteiger partial charge in [0.05, 0.1) is 23.0 Å². The van der Waals surface area contributed by atoms with Crippen LogP contribution in [0.1, 0.15) is 32.2 Å². The van der Waals surface area contributed by atoms with Crippen LogP contribution in [0, 0.1) is 12.8 Å². The predicted molar refractivity (Wildman–Crippen MR) is 105 cm³/mol. The molecule has 0 bridgehead atoms. The molecule has 3 rings (SSSR count). The summed E-state index contributed by atoms with van der Waals surface area (Å²) in [5, 5.41) is 2.94. The highest BCUT2D eigenvalue weighted by atomic mass is 32.1. The quantitative estimate of drug-likeness (QED) is 0.704. The number of hydrogen-bond acceptors (Lipinski definition) is 6. The van der Waals surface area contributed by atoms with Gasteiger partial charge in [0.1, 0.15) is 11.8 Å². The molecule has 0 saturated carbocycles. The maximum atomic E-state index is 12.6. The molecule has 1 aliphatic heterocycles. The molecule has 1 aliphatic rings. The van der Waals surface area contributed by atoms with Crippen molar-refractivity contribution < 1.29 is 19.1 Å². The number of thiazole rings is 1. The van der Waals surface area contributed by atoms with Gasteiger partial charge in [-0.05, 0) is 37.5 Å². The van der Waals surface area contributed by atoms with E-state index in [0.29, 0.717) is 24.5 Å². The molecule has 144 valence electrons. The normalized spacial score (nSPS) is 14.7. The number of anilines is 1. The maximum absolute atomic E-state index is 12.6. The van der Waals surface area contributed by atoms with E-state index in [1.165, 1.54) is 4.90 Å². The van der Waals surface area contributed by atoms with Crippen molar-refractivity contribution in [2.45, 2.75) is 40.2 Å². The summed E-state index contributed by atoms with van der Waals surface area (Å²) in [5.41, 5.74) is 2.31. The fraction of sp³-hybridized carbons (Fsp3) is 0.450. The van der Waals surface area contributed by atoms with Gasteiger partial charge in [-0.15, -0.1) is 11.3 Å². The zero-order valence-corrected chi connectivity index (χ0v) is 16.8. The number of rotatable bonds is 6. The second kappa shape index (κ2) is 8.08. The Morgan fingerprint density at radius 3 is 2.81 bits per heavy atom. The molecule has 0 saturated heterocycles. The molecule has 6 nitrogen and oxygen atoms in total. The second-order valence-corrected chi connectivity index (χ2v) is 8.00. The van der Waals surface area contributed by atoms with E-state index < -0.39 is 6.04 Å². The number of hydrogen-bond donors (Lipinski definition) is 0. The molecule has 0 radical (unpaired) electrons. The van der Waals surface area contributed by atoms with Crippen molar-refractivity contribution in [3.05, 3.63) is 28.6 Å². The van der Waals surface area contributed by atoms with E-state index in [2.05, 4.69) is 4.98 Å². The highest BCUT2D eigenvalue weighted by molar-refractivity contribution is 7.09. The summed E-state index contributed by atoms with van der Waals surface area (Å²) in [4.78, 5) is 31.3. The van der Waals surface area contributed by atoms with Crippen molar-refractivity contribution >= 4 is 28.9 Å². The minimum absolute atomic E-state index is 0.0872. The lowest BCUT2D eigenvalue weighted by Gasteiger charge is -2.34. The van der Waals surface area contributed by atoms with Crippen LogP contribution in [0.2, 0.25) is 0 Å². The number of esters is 1. The first-order valence-corrected chi connectivity index (χ1v) is 9.96. The SMILES string of the molecule is CCC(C(=O)OCC(C)C)N1C(=O)COc2ccc(-c3csc(C)n3)cc21. The number of ether oxygens (including phenoxy) is 2. The Bertz CT molecular complexity index is 846. The van der Waals surface area contributed by atoms with Gasteiger partial charge in [-0.3, -0.25) is 9.69 Å². The summed E-state index contributed by atoms with van der Waals surface area (Å²) in [5.74, 6) is 0.184. The summed E-state index contributed by atoms with van der Waals surface area (Å²) in [6, 6.07) is 4.93. The highest BCUT2D eigenvalue weighted by Gasteiger charge is 2.36. The fourth-order valence-corrected chi connectivity index (χ4v) is 3.59. The van der Waals surface area contributed by atoms with Crippen molar-refractivity contribution in [1.29, 1.82) is 0 Å². The Morgan fingerprint density at radius 1 is 1.41 bits per heavy atom. The van der Waals surface area contributed by atoms with Gasteiger partial charge in [-0.2, -0.15) is 0 Å². The van der Waals surface area contributed by atoms with Crippen LogP contribution < -0.4 is 9.64 Å². The smallest absolute Gasteiger partial charge is 0.329 e. The van der Waals surface area contributed by atoms with Gasteiger partial charge in [0, 0.05) is 10.9 Å². The van der Waals surface area contributed by atoms with Gasteiger partial charge in [-0.1, -0.05) is 20.8 Å². The Morgan fingerprint density at radius 2 is 2.19 bits per heavy atom. The highest BCUT2D eigenvalue weighted by Crippen LogP contribution is 2.38. The van der Waals surface area contributed by atoms with Gasteiger partial charge in [0.2, 0.25) is 0 Å². The number of carbonyl (C=O) groups excluding carboxylic acids is 2. The zero-order valence-electron chi connectivity index (χ0n) is 16.0. The summed E-state index contributed by atoms with van der Waals surface area (Å²) in [7, 11) is 0. The van der Waals surface area contributed by atoms with Crippen molar-refractivity contribution in [1.82, 2.24) is 4.98 Å². The summed E-state index contributed by atoms with van der Waals surface area (Å²) in [6.07, 6.45) is 0.460. The third-order valence-electron chi connectivity index (χ3n) is 4.28. The molecule has 1 atom stereocenters. The van der Waals surface area contributed by atoms with Crippen LogP contribution in [0.3, 0.4) is 0 Å². The zero-order chi connectivity index (χ0) is 19.6. The van der Waals surface area contributed by atoms with Gasteiger partial charge >= 0.3 is 5.97 Å². The molecule has 27 heavy (non-hydrogen) atoms. The predicted octanol–water partition coefficient (Wildman–Crippen LogP) is 3.82. The molecular formula is C20H24N2O4S. The van der Waals surface area contributed by atoms with E-state index in [-0.39, 0.29) is 24.4 Å². The number of aryl methyl sites for hydroxylation is 1. The van der Waals surface area contributed by atoms with Crippen molar-refractivity contribution in [2.24, 2.45) is 5.92 Å². The first-order chi connectivity index (χ1) is 12.9. The molecule has 1 aromatic carbocycles. The molecule has 0 fully saturated rings. The Balaban J connectivity index is 1.96. The van der Waals surface area contributed by atoms with E-state index in [1.807, 2.05) is 51.3 Å². The maximum Gasteiger partial charge on any atom is 0.329 e. The number of fused-ring (bicyclic) bond motifs is 1. The van der Waals surface area contributed by atoms with Gasteiger partial charge in [0.25, 0.3) is 5.91 Å². The van der Waals surface area contributed by atoms with Crippen LogP contribution in [-0.2, 0) is 14.3 Å². The lowest BCUT2D eigenvalue weighted by Crippen LogP contribution is -2.50. The minimum atomic E-state index is -0.675. The lowest BCUT2D eigenvalue weighted by atomic mass is 10.1. The second-order valence-electron chi connectivity index (χ2n) is 6.93. The van der Waals surface area contributed by atoms with Crippen LogP contribution in [0.15, 0.2) is 23.6 Å². The first kappa shape index (κ1) is 19.4. The Labute approximate surface area is 163 Å². The number of amides is 1. The first-order valence-electron chi connectivity index (χ1n) is 9.08. The van der Waals surface area contributed by atoms with Gasteiger partial charge in [0.15, 0.2) is 6.61 Å². The largest absolute Gasteiger partial charge is 0.482 e. The Hall–Kier alpha value is -2.41. The third kappa shape index (κ3) is 4.13. The molecule has 7 heteroatoms. The van der Waals surface area contributed by atoms with Crippen LogP contribution in [0.25, 0.3) is 11.3 Å². The molecule has 0 N–H and O–H groups in total. The van der Waals surface area contributed by atoms with E-state index >= 15 is 0 Å². The average molecular weight is 388 g/mol. The van der Waals surface area contributed by atoms with Gasteiger partial charge in [-0.25, -0.2) is 9.78 Å². The van der Waals surface area contributed by atoms with Crippen molar-refractivity contribution in [3.63, 3.8) is 0 Å². The lowest BCUT2D eigenvalue weighted by molar-refractivity contribution is -0.147. The fourth-order valence-electron chi connectivity index (χ4n) is 2.97. The number of nitrogens with zero attached hydrogens (tertiary/aromatic N) is 2. The third-order valence-corrected chi connectivity index (χ3v) is 5.06. The number of aromatic nitrogens is 1. The summed E-state index contributed by atoms with van der Waals surface area (Å²) in [6.45, 7) is 8.02. The molecule has 0 spiro atoms. The molecule has 1 unspecified atom stereocenters. The van der Waals surface area contributed by atoms with E-state index in [9.17, 15) is 9.59 Å². The molecule has 2 aromatic rings. The van der Waals surface area contributed by atoms with E-state index in [4.69, 9.17) is 9.47 Å². The van der Waals surface area contributed by atoms with E-state index in [0.717, 1.165) is 16.3 Å². The minimum Gasteiger partial charge on any atom is -0.482 e. The van der Waals surface area contributed by atoms with Crippen molar-refractivity contribution in [3.8, 4) is 17.0 Å². The average Bonchev–Trinajstić information content (AvgIpc) is 3.08. The molecule has 0 aliphatic carbocycles. The molecule has 2 heterocycles. The monoisotopic (exact) mass is 388 g/mol. The van der Waals surface area contributed by atoms with Crippen LogP contribution in [-0.4, -0.2) is 36.1 Å². The Kier molecular flexibility index (Phi) is 5.79. The van der Waals surface area contributed by atoms with Gasteiger partial charge < -0.3 is 9.47 Å². The summed E-state index contributed by atoms with van der Waals surface area (Å²) >= 11 is 1.57. The molecule has 1 amide bonds. The van der Waals surface area contributed by atoms with Crippen LogP contribution >= 0.6 is 11.3 Å². The standard InChI is InChI=1S/C20H24N2O4S/c1-5-16(20(24)26-9-12(2)3)22-17-8-14(15-11-27-13(4)21-15)6-7-18(17)25-10-19(22)23/h6-8,11-12,16H,5,9-10H2,1-4H3. The van der Waals surface area contributed by atoms with Crippen LogP contribution in [0.4, 0.5) is 5.69 Å². The van der Waals surface area contributed by atoms with Crippen LogP contribution in [0.5, 0.6) is 5.75 Å². The molecule has 1 aromatic heterocycles. The molecular weight excluding hydrogens is 364 g/mol. The summed E-state index contributed by atoms with van der Waals surface area (Å²) < 4.78 is 11.0. The number of carbonyl (C=O) groups is 2.